The van der Waals surface area contributed by atoms with Crippen LogP contribution in [0.15, 0.2) is 48.5 Å². The molecule has 0 unspecified atom stereocenters. The molecule has 4 heteroatoms. The number of methoxy groups -OCH3 is 2. The molecule has 0 radical (unpaired) electrons. The lowest BCUT2D eigenvalue weighted by Crippen LogP contribution is -2.30. The predicted octanol–water partition coefficient (Wildman–Crippen LogP) is 2.50. The van der Waals surface area contributed by atoms with Gasteiger partial charge in [0.25, 0.3) is 0 Å². The zero-order valence-electron chi connectivity index (χ0n) is 11.8. The monoisotopic (exact) mass is 272 g/mol. The maximum Gasteiger partial charge on any atom is 0.161 e. The van der Waals surface area contributed by atoms with Gasteiger partial charge in [-0.25, -0.2) is 0 Å². The van der Waals surface area contributed by atoms with Crippen LogP contribution in [0.3, 0.4) is 0 Å². The average molecular weight is 272 g/mol. The Morgan fingerprint density at radius 3 is 2.05 bits per heavy atom. The van der Waals surface area contributed by atoms with Crippen LogP contribution in [0.5, 0.6) is 11.5 Å². The van der Waals surface area contributed by atoms with Crippen LogP contribution in [0.2, 0.25) is 0 Å². The van der Waals surface area contributed by atoms with Gasteiger partial charge in [0.15, 0.2) is 11.5 Å². The molecule has 0 spiro atoms. The fourth-order valence-electron chi connectivity index (χ4n) is 1.92. The van der Waals surface area contributed by atoms with Gasteiger partial charge in [-0.15, -0.1) is 0 Å². The maximum atomic E-state index is 5.28. The second kappa shape index (κ2) is 7.53. The first-order valence-corrected chi connectivity index (χ1v) is 6.54. The third-order valence-electron chi connectivity index (χ3n) is 3.00. The number of rotatable bonds is 7. The number of hydrogen-bond acceptors (Lipinski definition) is 4. The van der Waals surface area contributed by atoms with Crippen molar-refractivity contribution in [2.45, 2.75) is 13.1 Å². The fourth-order valence-corrected chi connectivity index (χ4v) is 1.92. The minimum Gasteiger partial charge on any atom is -0.493 e. The quantitative estimate of drug-likeness (QED) is 0.600. The minimum atomic E-state index is 0.715. The van der Waals surface area contributed by atoms with Crippen LogP contribution in [0.1, 0.15) is 11.1 Å². The van der Waals surface area contributed by atoms with Crippen molar-refractivity contribution in [1.29, 1.82) is 0 Å². The van der Waals surface area contributed by atoms with Gasteiger partial charge in [-0.1, -0.05) is 36.4 Å². The first kappa shape index (κ1) is 14.4. The van der Waals surface area contributed by atoms with Crippen LogP contribution >= 0.6 is 0 Å². The summed E-state index contributed by atoms with van der Waals surface area (Å²) < 4.78 is 10.5. The molecule has 2 aromatic rings. The Kier molecular flexibility index (Phi) is 5.41. The molecule has 0 bridgehead atoms. The summed E-state index contributed by atoms with van der Waals surface area (Å²) in [6.07, 6.45) is 0. The number of benzene rings is 2. The van der Waals surface area contributed by atoms with Crippen molar-refractivity contribution >= 4 is 0 Å². The molecule has 0 aliphatic heterocycles. The molecule has 0 atom stereocenters. The number of ether oxygens (including phenoxy) is 2. The Morgan fingerprint density at radius 2 is 1.40 bits per heavy atom. The standard InChI is InChI=1S/C16H20N2O2/c1-19-15-9-8-14(10-16(15)20-2)12-18-17-11-13-6-4-3-5-7-13/h3-10,17-18H,11-12H2,1-2H3. The van der Waals surface area contributed by atoms with Gasteiger partial charge in [-0.2, -0.15) is 0 Å². The van der Waals surface area contributed by atoms with Crippen molar-refractivity contribution in [3.63, 3.8) is 0 Å². The molecular weight excluding hydrogens is 252 g/mol. The molecule has 0 fully saturated rings. The SMILES string of the molecule is COc1ccc(CNNCc2ccccc2)cc1OC. The summed E-state index contributed by atoms with van der Waals surface area (Å²) in [5.41, 5.74) is 8.76. The summed E-state index contributed by atoms with van der Waals surface area (Å²) in [5, 5.41) is 0. The summed E-state index contributed by atoms with van der Waals surface area (Å²) in [6, 6.07) is 16.1. The van der Waals surface area contributed by atoms with E-state index in [1.165, 1.54) is 5.56 Å². The minimum absolute atomic E-state index is 0.715. The van der Waals surface area contributed by atoms with E-state index >= 15 is 0 Å². The average Bonchev–Trinajstić information content (AvgIpc) is 2.52. The lowest BCUT2D eigenvalue weighted by Gasteiger charge is -2.11. The van der Waals surface area contributed by atoms with Gasteiger partial charge >= 0.3 is 0 Å². The van der Waals surface area contributed by atoms with E-state index in [1.807, 2.05) is 36.4 Å². The van der Waals surface area contributed by atoms with E-state index in [0.717, 1.165) is 23.6 Å². The molecule has 0 aromatic heterocycles. The second-order valence-electron chi connectivity index (χ2n) is 4.38. The smallest absolute Gasteiger partial charge is 0.161 e. The van der Waals surface area contributed by atoms with Crippen LogP contribution < -0.4 is 20.3 Å². The maximum absolute atomic E-state index is 5.28. The van der Waals surface area contributed by atoms with E-state index in [2.05, 4.69) is 23.0 Å². The molecule has 0 saturated heterocycles. The highest BCUT2D eigenvalue weighted by Gasteiger charge is 2.03. The first-order valence-electron chi connectivity index (χ1n) is 6.54. The molecule has 0 aliphatic rings. The van der Waals surface area contributed by atoms with Gasteiger partial charge in [-0.05, 0) is 23.3 Å². The third-order valence-corrected chi connectivity index (χ3v) is 3.00. The van der Waals surface area contributed by atoms with Gasteiger partial charge < -0.3 is 9.47 Å². The van der Waals surface area contributed by atoms with Crippen molar-refractivity contribution in [1.82, 2.24) is 10.9 Å². The Labute approximate surface area is 119 Å². The van der Waals surface area contributed by atoms with E-state index in [1.54, 1.807) is 14.2 Å². The summed E-state index contributed by atoms with van der Waals surface area (Å²) >= 11 is 0. The van der Waals surface area contributed by atoms with E-state index in [-0.39, 0.29) is 0 Å². The van der Waals surface area contributed by atoms with E-state index < -0.39 is 0 Å². The molecule has 2 rings (SSSR count). The second-order valence-corrected chi connectivity index (χ2v) is 4.38. The van der Waals surface area contributed by atoms with Crippen molar-refractivity contribution in [3.8, 4) is 11.5 Å². The van der Waals surface area contributed by atoms with E-state index in [4.69, 9.17) is 9.47 Å². The number of nitrogens with one attached hydrogen (secondary N) is 2. The van der Waals surface area contributed by atoms with Crippen LogP contribution in [0.4, 0.5) is 0 Å². The Morgan fingerprint density at radius 1 is 0.750 bits per heavy atom. The zero-order valence-corrected chi connectivity index (χ0v) is 11.8. The highest BCUT2D eigenvalue weighted by Crippen LogP contribution is 2.27. The third kappa shape index (κ3) is 3.98. The molecular formula is C16H20N2O2. The molecule has 20 heavy (non-hydrogen) atoms. The van der Waals surface area contributed by atoms with Crippen molar-refractivity contribution in [2.75, 3.05) is 14.2 Å². The van der Waals surface area contributed by atoms with Gasteiger partial charge in [-0.3, -0.25) is 10.9 Å². The van der Waals surface area contributed by atoms with Crippen molar-refractivity contribution in [3.05, 3.63) is 59.7 Å². The Hall–Kier alpha value is -2.04. The Bertz CT molecular complexity index is 529. The number of hydrogen-bond donors (Lipinski definition) is 2. The molecule has 0 amide bonds. The van der Waals surface area contributed by atoms with Gasteiger partial charge in [0.1, 0.15) is 0 Å². The molecule has 2 aromatic carbocycles. The molecule has 0 heterocycles. The molecule has 4 nitrogen and oxygen atoms in total. The van der Waals surface area contributed by atoms with Crippen LogP contribution in [0, 0.1) is 0 Å². The Balaban J connectivity index is 1.82. The predicted molar refractivity (Wildman–Crippen MR) is 79.7 cm³/mol. The molecule has 0 saturated carbocycles. The van der Waals surface area contributed by atoms with E-state index in [0.29, 0.717) is 6.54 Å². The highest BCUT2D eigenvalue weighted by atomic mass is 16.5. The van der Waals surface area contributed by atoms with Gasteiger partial charge in [0.2, 0.25) is 0 Å². The van der Waals surface area contributed by atoms with Crippen LogP contribution in [-0.2, 0) is 13.1 Å². The van der Waals surface area contributed by atoms with E-state index in [9.17, 15) is 0 Å². The van der Waals surface area contributed by atoms with Crippen LogP contribution in [-0.4, -0.2) is 14.2 Å². The lowest BCUT2D eigenvalue weighted by atomic mass is 10.2. The lowest BCUT2D eigenvalue weighted by molar-refractivity contribution is 0.354. The summed E-state index contributed by atoms with van der Waals surface area (Å²) in [7, 11) is 3.28. The fraction of sp³-hybridized carbons (Fsp3) is 0.250. The molecule has 106 valence electrons. The van der Waals surface area contributed by atoms with Crippen molar-refractivity contribution in [2.24, 2.45) is 0 Å². The van der Waals surface area contributed by atoms with Crippen molar-refractivity contribution < 1.29 is 9.47 Å². The number of hydrazine groups is 1. The molecule has 0 aliphatic carbocycles. The summed E-state index contributed by atoms with van der Waals surface area (Å²) in [5.74, 6) is 1.49. The zero-order chi connectivity index (χ0) is 14.2. The topological polar surface area (TPSA) is 42.5 Å². The summed E-state index contributed by atoms with van der Waals surface area (Å²) in [6.45, 7) is 1.50. The van der Waals surface area contributed by atoms with Crippen LogP contribution in [0.25, 0.3) is 0 Å². The largest absolute Gasteiger partial charge is 0.493 e. The molecule has 2 N–H and O–H groups in total. The summed E-state index contributed by atoms with van der Waals surface area (Å²) in [4.78, 5) is 0. The normalized spacial score (nSPS) is 10.3. The first-order chi connectivity index (χ1) is 9.83. The van der Waals surface area contributed by atoms with Gasteiger partial charge in [0.05, 0.1) is 14.2 Å². The highest BCUT2D eigenvalue weighted by molar-refractivity contribution is 5.42. The van der Waals surface area contributed by atoms with Gasteiger partial charge in [0, 0.05) is 13.1 Å².